The first-order chi connectivity index (χ1) is 11.9. The van der Waals surface area contributed by atoms with Crippen LogP contribution in [0.4, 0.5) is 8.78 Å². The molecule has 0 saturated carbocycles. The van der Waals surface area contributed by atoms with Crippen molar-refractivity contribution in [2.24, 2.45) is 0 Å². The zero-order valence-corrected chi connectivity index (χ0v) is 16.4. The maximum Gasteiger partial charge on any atom is 0.243 e. The number of nitrogens with zero attached hydrogens (tertiary/aromatic N) is 1. The first-order valence-electron chi connectivity index (χ1n) is 7.70. The summed E-state index contributed by atoms with van der Waals surface area (Å²) in [7, 11) is -3.59. The van der Waals surface area contributed by atoms with Crippen molar-refractivity contribution in [3.8, 4) is 0 Å². The summed E-state index contributed by atoms with van der Waals surface area (Å²) in [5, 5.41) is -0.263. The molecule has 0 amide bonds. The first-order valence-corrected chi connectivity index (χ1v) is 11.0. The smallest absolute Gasteiger partial charge is 0.207 e. The van der Waals surface area contributed by atoms with Gasteiger partial charge in [-0.05, 0) is 48.9 Å². The van der Waals surface area contributed by atoms with Crippen LogP contribution in [0.5, 0.6) is 0 Å². The van der Waals surface area contributed by atoms with Crippen LogP contribution < -0.4 is 0 Å². The van der Waals surface area contributed by atoms with E-state index >= 15 is 0 Å². The highest BCUT2D eigenvalue weighted by Gasteiger charge is 2.29. The Kier molecular flexibility index (Phi) is 5.82. The van der Waals surface area contributed by atoms with Crippen molar-refractivity contribution in [1.29, 1.82) is 0 Å². The molecule has 134 valence electrons. The highest BCUT2D eigenvalue weighted by Crippen LogP contribution is 2.37. The lowest BCUT2D eigenvalue weighted by molar-refractivity contribution is 0.426. The summed E-state index contributed by atoms with van der Waals surface area (Å²) in [5.74, 6) is -0.417. The molecule has 0 bridgehead atoms. The number of thioether (sulfide) groups is 1. The summed E-state index contributed by atoms with van der Waals surface area (Å²) in [5.41, 5.74) is 0.299. The average Bonchev–Trinajstić information content (AvgIpc) is 2.84. The van der Waals surface area contributed by atoms with E-state index in [4.69, 9.17) is 0 Å². The highest BCUT2D eigenvalue weighted by atomic mass is 79.9. The predicted octanol–water partition coefficient (Wildman–Crippen LogP) is 4.60. The van der Waals surface area contributed by atoms with Gasteiger partial charge in [-0.3, -0.25) is 0 Å². The lowest BCUT2D eigenvalue weighted by Gasteiger charge is -2.20. The minimum atomic E-state index is -3.59. The van der Waals surface area contributed by atoms with Crippen LogP contribution in [0.25, 0.3) is 0 Å². The molecule has 1 atom stereocenters. The maximum absolute atomic E-state index is 14.0. The van der Waals surface area contributed by atoms with E-state index in [0.717, 1.165) is 16.6 Å². The quantitative estimate of drug-likeness (QED) is 0.689. The molecule has 8 heteroatoms. The fourth-order valence-corrected chi connectivity index (χ4v) is 5.83. The van der Waals surface area contributed by atoms with Crippen molar-refractivity contribution in [2.45, 2.75) is 16.6 Å². The van der Waals surface area contributed by atoms with Crippen molar-refractivity contribution in [2.75, 3.05) is 18.8 Å². The van der Waals surface area contributed by atoms with Gasteiger partial charge in [-0.2, -0.15) is 16.1 Å². The molecule has 2 aromatic rings. The molecular weight excluding hydrogens is 432 g/mol. The van der Waals surface area contributed by atoms with Gasteiger partial charge in [-0.25, -0.2) is 17.2 Å². The summed E-state index contributed by atoms with van der Waals surface area (Å²) < 4.78 is 55.2. The Morgan fingerprint density at radius 2 is 1.80 bits per heavy atom. The van der Waals surface area contributed by atoms with Crippen LogP contribution in [-0.4, -0.2) is 31.6 Å². The molecule has 1 heterocycles. The van der Waals surface area contributed by atoms with E-state index in [-0.39, 0.29) is 16.7 Å². The molecule has 2 aromatic carbocycles. The number of halogens is 3. The van der Waals surface area contributed by atoms with E-state index in [9.17, 15) is 17.2 Å². The molecule has 0 unspecified atom stereocenters. The van der Waals surface area contributed by atoms with Gasteiger partial charge in [0.15, 0.2) is 0 Å². The Hall–Kier alpha value is -0.960. The molecule has 0 N–H and O–H groups in total. The topological polar surface area (TPSA) is 37.4 Å². The highest BCUT2D eigenvalue weighted by molar-refractivity contribution is 9.10. The molecule has 0 aromatic heterocycles. The van der Waals surface area contributed by atoms with Crippen LogP contribution in [0.1, 0.15) is 17.2 Å². The van der Waals surface area contributed by atoms with E-state index in [1.807, 2.05) is 0 Å². The van der Waals surface area contributed by atoms with Gasteiger partial charge in [-0.15, -0.1) is 0 Å². The Morgan fingerprint density at radius 1 is 1.08 bits per heavy atom. The normalized spacial score (nSPS) is 19.6. The third-order valence-electron chi connectivity index (χ3n) is 4.06. The largest absolute Gasteiger partial charge is 0.243 e. The first kappa shape index (κ1) is 18.8. The zero-order valence-electron chi connectivity index (χ0n) is 13.2. The van der Waals surface area contributed by atoms with Gasteiger partial charge in [0.1, 0.15) is 11.6 Å². The maximum atomic E-state index is 14.0. The lowest BCUT2D eigenvalue weighted by Crippen LogP contribution is -2.33. The molecule has 1 aliphatic heterocycles. The predicted molar refractivity (Wildman–Crippen MR) is 99.1 cm³/mol. The summed E-state index contributed by atoms with van der Waals surface area (Å²) in [6, 6.07) is 9.89. The second-order valence-corrected chi connectivity index (χ2v) is 9.84. The SMILES string of the molecule is O=S(=O)(c1ccc(Br)cc1)N1CCS[C@H](c2cc(F)ccc2F)CC1. The third kappa shape index (κ3) is 4.24. The number of benzene rings is 2. The summed E-state index contributed by atoms with van der Waals surface area (Å²) >= 11 is 4.75. The molecule has 1 aliphatic rings. The third-order valence-corrected chi connectivity index (χ3v) is 7.81. The van der Waals surface area contributed by atoms with E-state index < -0.39 is 21.7 Å². The Balaban J connectivity index is 1.79. The Labute approximate surface area is 158 Å². The van der Waals surface area contributed by atoms with Crippen LogP contribution in [0.2, 0.25) is 0 Å². The fraction of sp³-hybridized carbons (Fsp3) is 0.294. The summed E-state index contributed by atoms with van der Waals surface area (Å²) in [6.45, 7) is 0.614. The minimum Gasteiger partial charge on any atom is -0.207 e. The van der Waals surface area contributed by atoms with Crippen LogP contribution in [-0.2, 0) is 10.0 Å². The monoisotopic (exact) mass is 447 g/mol. The molecule has 1 saturated heterocycles. The number of rotatable bonds is 3. The van der Waals surface area contributed by atoms with Gasteiger partial charge in [0.05, 0.1) is 4.90 Å². The van der Waals surface area contributed by atoms with E-state index in [1.165, 1.54) is 22.1 Å². The van der Waals surface area contributed by atoms with Crippen molar-refractivity contribution >= 4 is 37.7 Å². The van der Waals surface area contributed by atoms with Gasteiger partial charge >= 0.3 is 0 Å². The zero-order chi connectivity index (χ0) is 18.0. The molecule has 3 rings (SSSR count). The van der Waals surface area contributed by atoms with Crippen molar-refractivity contribution < 1.29 is 17.2 Å². The number of sulfonamides is 1. The van der Waals surface area contributed by atoms with Gasteiger partial charge in [0, 0.05) is 34.1 Å². The van der Waals surface area contributed by atoms with Crippen LogP contribution in [0.15, 0.2) is 51.8 Å². The average molecular weight is 448 g/mol. The molecule has 25 heavy (non-hydrogen) atoms. The van der Waals surface area contributed by atoms with Crippen molar-refractivity contribution in [1.82, 2.24) is 4.31 Å². The Bertz CT molecular complexity index is 859. The lowest BCUT2D eigenvalue weighted by atomic mass is 10.1. The van der Waals surface area contributed by atoms with Gasteiger partial charge in [0.2, 0.25) is 10.0 Å². The molecule has 1 fully saturated rings. The van der Waals surface area contributed by atoms with E-state index in [1.54, 1.807) is 24.3 Å². The second kappa shape index (κ2) is 7.73. The van der Waals surface area contributed by atoms with Crippen molar-refractivity contribution in [3.05, 3.63) is 64.1 Å². The van der Waals surface area contributed by atoms with Crippen LogP contribution in [0.3, 0.4) is 0 Å². The van der Waals surface area contributed by atoms with Crippen molar-refractivity contribution in [3.63, 3.8) is 0 Å². The van der Waals surface area contributed by atoms with Gasteiger partial charge in [-0.1, -0.05) is 15.9 Å². The molecule has 0 aliphatic carbocycles. The van der Waals surface area contributed by atoms with Gasteiger partial charge in [0.25, 0.3) is 0 Å². The van der Waals surface area contributed by atoms with Gasteiger partial charge < -0.3 is 0 Å². The standard InChI is InChI=1S/C17H16BrF2NO2S2/c18-12-1-4-14(5-2-12)25(22,23)21-8-7-17(24-10-9-21)15-11-13(19)3-6-16(15)20/h1-6,11,17H,7-10H2/t17-/m0/s1. The second-order valence-electron chi connectivity index (χ2n) is 5.67. The van der Waals surface area contributed by atoms with E-state index in [2.05, 4.69) is 15.9 Å². The fourth-order valence-electron chi connectivity index (χ4n) is 2.76. The molecule has 3 nitrogen and oxygen atoms in total. The molecular formula is C17H16BrF2NO2S2. The van der Waals surface area contributed by atoms with Crippen LogP contribution >= 0.6 is 27.7 Å². The molecule has 0 radical (unpaired) electrons. The number of hydrogen-bond donors (Lipinski definition) is 0. The minimum absolute atomic E-state index is 0.232. The number of hydrogen-bond acceptors (Lipinski definition) is 3. The molecule has 0 spiro atoms. The summed E-state index contributed by atoms with van der Waals surface area (Å²) in [4.78, 5) is 0.232. The Morgan fingerprint density at radius 3 is 2.52 bits per heavy atom. The summed E-state index contributed by atoms with van der Waals surface area (Å²) in [6.07, 6.45) is 0.431. The van der Waals surface area contributed by atoms with E-state index in [0.29, 0.717) is 24.3 Å². The van der Waals surface area contributed by atoms with Crippen LogP contribution in [0, 0.1) is 11.6 Å².